The zero-order valence-electron chi connectivity index (χ0n) is 16.4. The first-order chi connectivity index (χ1) is 15.1. The third-order valence-electron chi connectivity index (χ3n) is 5.18. The standard InChI is InChI=1S/C23H18N4O4/c24-10-21-25-11-14(12-26-21)9-20(22(28)29)27-23(30)31-13-19-17-7-3-1-5-15(17)16-6-2-4-8-18(16)19/h1-8,11-12,19-20H,9,13H2,(H,27,30)(H,28,29). The molecule has 1 atom stereocenters. The van der Waals surface area contributed by atoms with Crippen LogP contribution in [-0.4, -0.2) is 39.8 Å². The summed E-state index contributed by atoms with van der Waals surface area (Å²) in [6.45, 7) is 0.0895. The van der Waals surface area contributed by atoms with Gasteiger partial charge < -0.3 is 15.2 Å². The first-order valence-corrected chi connectivity index (χ1v) is 9.62. The van der Waals surface area contributed by atoms with Gasteiger partial charge in [0.1, 0.15) is 18.7 Å². The number of carboxylic acid groups (broad SMARTS) is 1. The molecule has 154 valence electrons. The summed E-state index contributed by atoms with van der Waals surface area (Å²) in [6.07, 6.45) is 1.87. The summed E-state index contributed by atoms with van der Waals surface area (Å²) in [4.78, 5) is 31.6. The number of aromatic nitrogens is 2. The van der Waals surface area contributed by atoms with Crippen molar-refractivity contribution in [1.29, 1.82) is 5.26 Å². The van der Waals surface area contributed by atoms with Gasteiger partial charge in [-0.1, -0.05) is 48.5 Å². The maximum absolute atomic E-state index is 12.4. The van der Waals surface area contributed by atoms with E-state index in [0.717, 1.165) is 22.3 Å². The molecule has 1 aromatic heterocycles. The van der Waals surface area contributed by atoms with Crippen LogP contribution < -0.4 is 5.32 Å². The maximum atomic E-state index is 12.4. The van der Waals surface area contributed by atoms with E-state index in [1.807, 2.05) is 48.5 Å². The Kier molecular flexibility index (Phi) is 5.58. The third kappa shape index (κ3) is 4.21. The highest BCUT2D eigenvalue weighted by Crippen LogP contribution is 2.44. The van der Waals surface area contributed by atoms with Gasteiger partial charge in [0.25, 0.3) is 0 Å². The Labute approximate surface area is 178 Å². The Morgan fingerprint density at radius 3 is 2.19 bits per heavy atom. The quantitative estimate of drug-likeness (QED) is 0.635. The smallest absolute Gasteiger partial charge is 0.407 e. The van der Waals surface area contributed by atoms with Crippen LogP contribution in [-0.2, 0) is 16.0 Å². The molecule has 0 fully saturated rings. The van der Waals surface area contributed by atoms with Crippen molar-refractivity contribution in [2.45, 2.75) is 18.4 Å². The molecule has 0 bridgehead atoms. The van der Waals surface area contributed by atoms with Gasteiger partial charge in [0, 0.05) is 24.7 Å². The molecule has 1 aliphatic carbocycles. The van der Waals surface area contributed by atoms with Gasteiger partial charge in [0.15, 0.2) is 0 Å². The van der Waals surface area contributed by atoms with Crippen molar-refractivity contribution in [1.82, 2.24) is 15.3 Å². The normalized spacial score (nSPS) is 12.9. The van der Waals surface area contributed by atoms with E-state index in [-0.39, 0.29) is 24.8 Å². The highest BCUT2D eigenvalue weighted by molar-refractivity contribution is 5.81. The highest BCUT2D eigenvalue weighted by Gasteiger charge is 2.29. The van der Waals surface area contributed by atoms with Crippen LogP contribution in [0.25, 0.3) is 11.1 Å². The van der Waals surface area contributed by atoms with Gasteiger partial charge >= 0.3 is 12.1 Å². The molecule has 1 aliphatic rings. The monoisotopic (exact) mass is 414 g/mol. The average molecular weight is 414 g/mol. The van der Waals surface area contributed by atoms with Gasteiger partial charge in [-0.2, -0.15) is 5.26 Å². The van der Waals surface area contributed by atoms with Gasteiger partial charge in [-0.25, -0.2) is 19.6 Å². The largest absolute Gasteiger partial charge is 0.480 e. The third-order valence-corrected chi connectivity index (χ3v) is 5.18. The second kappa shape index (κ2) is 8.63. The van der Waals surface area contributed by atoms with E-state index in [9.17, 15) is 14.7 Å². The van der Waals surface area contributed by atoms with Crippen LogP contribution in [0.15, 0.2) is 60.9 Å². The molecule has 4 rings (SSSR count). The molecule has 1 unspecified atom stereocenters. The molecular formula is C23H18N4O4. The molecule has 1 heterocycles. The van der Waals surface area contributed by atoms with E-state index in [4.69, 9.17) is 10.00 Å². The van der Waals surface area contributed by atoms with Gasteiger partial charge in [-0.3, -0.25) is 0 Å². The van der Waals surface area contributed by atoms with Crippen molar-refractivity contribution in [2.24, 2.45) is 0 Å². The number of nitriles is 1. The number of nitrogens with one attached hydrogen (secondary N) is 1. The van der Waals surface area contributed by atoms with Crippen LogP contribution in [0, 0.1) is 11.3 Å². The minimum absolute atomic E-state index is 0.0138. The Morgan fingerprint density at radius 2 is 1.65 bits per heavy atom. The number of nitrogens with zero attached hydrogens (tertiary/aromatic N) is 3. The van der Waals surface area contributed by atoms with Crippen molar-refractivity contribution in [2.75, 3.05) is 6.61 Å². The lowest BCUT2D eigenvalue weighted by molar-refractivity contribution is -0.139. The molecule has 8 nitrogen and oxygen atoms in total. The number of ether oxygens (including phenoxy) is 1. The van der Waals surface area contributed by atoms with Gasteiger partial charge in [0.2, 0.25) is 5.82 Å². The second-order valence-electron chi connectivity index (χ2n) is 7.09. The maximum Gasteiger partial charge on any atom is 0.407 e. The Balaban J connectivity index is 1.42. The Bertz CT molecular complexity index is 1130. The first-order valence-electron chi connectivity index (χ1n) is 9.62. The molecular weight excluding hydrogens is 396 g/mol. The first kappa shape index (κ1) is 20.0. The van der Waals surface area contributed by atoms with Gasteiger partial charge in [0.05, 0.1) is 0 Å². The van der Waals surface area contributed by atoms with E-state index in [0.29, 0.717) is 5.56 Å². The van der Waals surface area contributed by atoms with Crippen LogP contribution in [0.1, 0.15) is 28.4 Å². The summed E-state index contributed by atoms with van der Waals surface area (Å²) < 4.78 is 5.41. The van der Waals surface area contributed by atoms with Crippen molar-refractivity contribution in [3.05, 3.63) is 83.4 Å². The van der Waals surface area contributed by atoms with Crippen LogP contribution in [0.5, 0.6) is 0 Å². The van der Waals surface area contributed by atoms with E-state index >= 15 is 0 Å². The summed E-state index contributed by atoms with van der Waals surface area (Å²) >= 11 is 0. The van der Waals surface area contributed by atoms with E-state index in [1.165, 1.54) is 12.4 Å². The predicted molar refractivity (Wildman–Crippen MR) is 110 cm³/mol. The summed E-state index contributed by atoms with van der Waals surface area (Å²) in [6, 6.07) is 16.5. The molecule has 8 heteroatoms. The SMILES string of the molecule is N#Cc1ncc(CC(NC(=O)OCC2c3ccccc3-c3ccccc32)C(=O)O)cn1. The second-order valence-corrected chi connectivity index (χ2v) is 7.09. The number of rotatable bonds is 6. The lowest BCUT2D eigenvalue weighted by atomic mass is 9.98. The average Bonchev–Trinajstić information content (AvgIpc) is 3.11. The fourth-order valence-corrected chi connectivity index (χ4v) is 3.74. The van der Waals surface area contributed by atoms with Crippen molar-refractivity contribution in [3.63, 3.8) is 0 Å². The molecule has 3 aromatic rings. The Hall–Kier alpha value is -4.25. The van der Waals surface area contributed by atoms with Gasteiger partial charge in [-0.15, -0.1) is 0 Å². The zero-order chi connectivity index (χ0) is 21.8. The number of benzene rings is 2. The number of hydrogen-bond donors (Lipinski definition) is 2. The number of carbonyl (C=O) groups is 2. The van der Waals surface area contributed by atoms with Gasteiger partial charge in [-0.05, 0) is 27.8 Å². The summed E-state index contributed by atoms with van der Waals surface area (Å²) in [5.74, 6) is -1.34. The minimum atomic E-state index is -1.22. The van der Waals surface area contributed by atoms with Crippen LogP contribution >= 0.6 is 0 Å². The number of carboxylic acids is 1. The fraction of sp³-hybridized carbons (Fsp3) is 0.174. The zero-order valence-corrected chi connectivity index (χ0v) is 16.4. The molecule has 1 amide bonds. The molecule has 0 radical (unpaired) electrons. The highest BCUT2D eigenvalue weighted by atomic mass is 16.5. The molecule has 0 aliphatic heterocycles. The molecule has 0 saturated heterocycles. The molecule has 31 heavy (non-hydrogen) atoms. The van der Waals surface area contributed by atoms with Crippen LogP contribution in [0.2, 0.25) is 0 Å². The molecule has 2 aromatic carbocycles. The number of aliphatic carboxylic acids is 1. The number of carbonyl (C=O) groups excluding carboxylic acids is 1. The Morgan fingerprint density at radius 1 is 1.06 bits per heavy atom. The number of hydrogen-bond acceptors (Lipinski definition) is 6. The molecule has 0 spiro atoms. The van der Waals surface area contributed by atoms with Crippen molar-refractivity contribution >= 4 is 12.1 Å². The predicted octanol–water partition coefficient (Wildman–Crippen LogP) is 2.88. The lowest BCUT2D eigenvalue weighted by Crippen LogP contribution is -2.43. The summed E-state index contributed by atoms with van der Waals surface area (Å²) in [7, 11) is 0. The number of alkyl carbamates (subject to hydrolysis) is 1. The van der Waals surface area contributed by atoms with E-state index in [2.05, 4.69) is 15.3 Å². The number of amides is 1. The summed E-state index contributed by atoms with van der Waals surface area (Å²) in [5, 5.41) is 20.6. The van der Waals surface area contributed by atoms with E-state index < -0.39 is 18.1 Å². The van der Waals surface area contributed by atoms with Crippen LogP contribution in [0.3, 0.4) is 0 Å². The van der Waals surface area contributed by atoms with E-state index in [1.54, 1.807) is 6.07 Å². The fourth-order valence-electron chi connectivity index (χ4n) is 3.74. The lowest BCUT2D eigenvalue weighted by Gasteiger charge is -2.17. The molecule has 0 saturated carbocycles. The topological polar surface area (TPSA) is 125 Å². The molecule has 2 N–H and O–H groups in total. The number of fused-ring (bicyclic) bond motifs is 3. The minimum Gasteiger partial charge on any atom is -0.480 e. The van der Waals surface area contributed by atoms with Crippen LogP contribution in [0.4, 0.5) is 4.79 Å². The van der Waals surface area contributed by atoms with Crippen molar-refractivity contribution < 1.29 is 19.4 Å². The van der Waals surface area contributed by atoms with Crippen molar-refractivity contribution in [3.8, 4) is 17.2 Å². The summed E-state index contributed by atoms with van der Waals surface area (Å²) in [5.41, 5.74) is 4.83.